The molecule has 0 radical (unpaired) electrons. The van der Waals surface area contributed by atoms with E-state index in [-0.39, 0.29) is 6.03 Å². The van der Waals surface area contributed by atoms with Crippen LogP contribution in [0, 0.1) is 0 Å². The molecule has 1 saturated carbocycles. The Morgan fingerprint density at radius 1 is 1.53 bits per heavy atom. The van der Waals surface area contributed by atoms with E-state index >= 15 is 0 Å². The fourth-order valence-corrected chi connectivity index (χ4v) is 1.20. The van der Waals surface area contributed by atoms with Gasteiger partial charge in [-0.1, -0.05) is 0 Å². The van der Waals surface area contributed by atoms with Gasteiger partial charge < -0.3 is 9.73 Å². The number of hydrogen-bond donors (Lipinski definition) is 2. The molecular weight excluding hydrogens is 194 g/mol. The van der Waals surface area contributed by atoms with E-state index in [0.717, 1.165) is 24.3 Å². The van der Waals surface area contributed by atoms with Gasteiger partial charge in [-0.15, -0.1) is 0 Å². The first-order valence-corrected chi connectivity index (χ1v) is 4.96. The number of nitrogens with zero attached hydrogens (tertiary/aromatic N) is 1. The topological polar surface area (TPSA) is 66.6 Å². The number of furan rings is 1. The average molecular weight is 207 g/mol. The monoisotopic (exact) mass is 207 g/mol. The van der Waals surface area contributed by atoms with Crippen LogP contribution in [0.3, 0.4) is 0 Å². The molecule has 0 unspecified atom stereocenters. The van der Waals surface area contributed by atoms with Crippen LogP contribution in [-0.2, 0) is 6.54 Å². The molecule has 2 N–H and O–H groups in total. The third-order valence-electron chi connectivity index (χ3n) is 2.25. The van der Waals surface area contributed by atoms with Gasteiger partial charge in [0.05, 0.1) is 12.8 Å². The molecule has 1 aliphatic carbocycles. The van der Waals surface area contributed by atoms with Crippen molar-refractivity contribution in [1.29, 1.82) is 0 Å². The van der Waals surface area contributed by atoms with E-state index in [1.807, 2.05) is 0 Å². The fraction of sp³-hybridized carbons (Fsp3) is 0.400. The minimum atomic E-state index is -0.300. The van der Waals surface area contributed by atoms with Crippen LogP contribution >= 0.6 is 0 Å². The van der Waals surface area contributed by atoms with Crippen LogP contribution < -0.4 is 10.7 Å². The van der Waals surface area contributed by atoms with E-state index in [2.05, 4.69) is 15.8 Å². The lowest BCUT2D eigenvalue weighted by molar-refractivity contribution is 0.240. The molecule has 1 heterocycles. The van der Waals surface area contributed by atoms with Crippen molar-refractivity contribution < 1.29 is 9.21 Å². The number of rotatable bonds is 3. The molecule has 2 rings (SSSR count). The average Bonchev–Trinajstić information content (AvgIpc) is 2.64. The lowest BCUT2D eigenvalue weighted by Crippen LogP contribution is -2.33. The lowest BCUT2D eigenvalue weighted by atomic mass is 9.98. The first-order valence-electron chi connectivity index (χ1n) is 4.96. The molecule has 2 amide bonds. The minimum Gasteiger partial charge on any atom is -0.467 e. The summed E-state index contributed by atoms with van der Waals surface area (Å²) in [4.78, 5) is 11.2. The third kappa shape index (κ3) is 2.83. The van der Waals surface area contributed by atoms with E-state index in [9.17, 15) is 4.79 Å². The highest BCUT2D eigenvalue weighted by atomic mass is 16.3. The second-order valence-corrected chi connectivity index (χ2v) is 3.41. The van der Waals surface area contributed by atoms with Crippen LogP contribution in [0.1, 0.15) is 25.0 Å². The molecule has 0 saturated heterocycles. The van der Waals surface area contributed by atoms with Crippen LogP contribution in [0.5, 0.6) is 0 Å². The zero-order chi connectivity index (χ0) is 10.5. The molecule has 5 nitrogen and oxygen atoms in total. The molecule has 0 spiro atoms. The van der Waals surface area contributed by atoms with Gasteiger partial charge in [0.25, 0.3) is 0 Å². The summed E-state index contributed by atoms with van der Waals surface area (Å²) in [5.41, 5.74) is 3.50. The van der Waals surface area contributed by atoms with E-state index < -0.39 is 0 Å². The Labute approximate surface area is 87.5 Å². The quantitative estimate of drug-likeness (QED) is 0.739. The van der Waals surface area contributed by atoms with Gasteiger partial charge >= 0.3 is 6.03 Å². The standard InChI is InChI=1S/C10H13N3O2/c14-10(13-12-8-3-1-4-8)11-7-9-5-2-6-15-9/h2,5-6H,1,3-4,7H2,(H2,11,13,14). The zero-order valence-corrected chi connectivity index (χ0v) is 8.32. The lowest BCUT2D eigenvalue weighted by Gasteiger charge is -2.13. The Balaban J connectivity index is 1.68. The fourth-order valence-electron chi connectivity index (χ4n) is 1.20. The molecule has 5 heteroatoms. The summed E-state index contributed by atoms with van der Waals surface area (Å²) in [5.74, 6) is 0.724. The van der Waals surface area contributed by atoms with Crippen molar-refractivity contribution in [3.8, 4) is 0 Å². The smallest absolute Gasteiger partial charge is 0.335 e. The van der Waals surface area contributed by atoms with E-state index in [1.165, 1.54) is 6.42 Å². The summed E-state index contributed by atoms with van der Waals surface area (Å²) >= 11 is 0. The second-order valence-electron chi connectivity index (χ2n) is 3.41. The van der Waals surface area contributed by atoms with Crippen molar-refractivity contribution in [1.82, 2.24) is 10.7 Å². The molecule has 1 aromatic rings. The summed E-state index contributed by atoms with van der Waals surface area (Å²) in [6.07, 6.45) is 4.75. The number of amides is 2. The molecule has 1 aromatic heterocycles. The van der Waals surface area contributed by atoms with E-state index in [4.69, 9.17) is 4.42 Å². The van der Waals surface area contributed by atoms with Gasteiger partial charge in [0, 0.05) is 5.71 Å². The Morgan fingerprint density at radius 3 is 3.00 bits per heavy atom. The summed E-state index contributed by atoms with van der Waals surface area (Å²) in [7, 11) is 0. The van der Waals surface area contributed by atoms with E-state index in [0.29, 0.717) is 6.54 Å². The Morgan fingerprint density at radius 2 is 2.40 bits per heavy atom. The highest BCUT2D eigenvalue weighted by molar-refractivity contribution is 5.90. The van der Waals surface area contributed by atoms with Crippen LogP contribution in [0.15, 0.2) is 27.9 Å². The van der Waals surface area contributed by atoms with Gasteiger partial charge in [-0.2, -0.15) is 5.10 Å². The maximum absolute atomic E-state index is 11.2. The zero-order valence-electron chi connectivity index (χ0n) is 8.32. The Hall–Kier alpha value is -1.78. The van der Waals surface area contributed by atoms with Crippen LogP contribution in [0.25, 0.3) is 0 Å². The van der Waals surface area contributed by atoms with Gasteiger partial charge in [-0.05, 0) is 31.4 Å². The van der Waals surface area contributed by atoms with Crippen LogP contribution in [0.2, 0.25) is 0 Å². The van der Waals surface area contributed by atoms with Gasteiger partial charge in [-0.3, -0.25) is 0 Å². The molecule has 1 fully saturated rings. The summed E-state index contributed by atoms with van der Waals surface area (Å²) in [6, 6.07) is 3.28. The maximum atomic E-state index is 11.2. The number of urea groups is 1. The van der Waals surface area contributed by atoms with Gasteiger partial charge in [0.15, 0.2) is 0 Å². The molecule has 0 aliphatic heterocycles. The summed E-state index contributed by atoms with van der Waals surface area (Å²) < 4.78 is 5.06. The second kappa shape index (κ2) is 4.63. The number of hydrazone groups is 1. The van der Waals surface area contributed by atoms with Crippen molar-refractivity contribution in [3.63, 3.8) is 0 Å². The normalized spacial score (nSPS) is 14.3. The maximum Gasteiger partial charge on any atom is 0.335 e. The van der Waals surface area contributed by atoms with Crippen LogP contribution in [-0.4, -0.2) is 11.7 Å². The molecule has 0 atom stereocenters. The third-order valence-corrected chi connectivity index (χ3v) is 2.25. The van der Waals surface area contributed by atoms with Crippen molar-refractivity contribution in [2.45, 2.75) is 25.8 Å². The van der Waals surface area contributed by atoms with Gasteiger partial charge in [-0.25, -0.2) is 10.2 Å². The van der Waals surface area contributed by atoms with Crippen molar-refractivity contribution in [3.05, 3.63) is 24.2 Å². The van der Waals surface area contributed by atoms with Crippen molar-refractivity contribution in [2.24, 2.45) is 5.10 Å². The number of hydrogen-bond acceptors (Lipinski definition) is 3. The van der Waals surface area contributed by atoms with Crippen LogP contribution in [0.4, 0.5) is 4.79 Å². The highest BCUT2D eigenvalue weighted by Crippen LogP contribution is 2.13. The Kier molecular flexibility index (Phi) is 3.02. The molecule has 0 aromatic carbocycles. The molecule has 1 aliphatic rings. The minimum absolute atomic E-state index is 0.300. The number of nitrogens with one attached hydrogen (secondary N) is 2. The van der Waals surface area contributed by atoms with Crippen molar-refractivity contribution >= 4 is 11.7 Å². The molecule has 0 bridgehead atoms. The number of carbonyl (C=O) groups excluding carboxylic acids is 1. The summed E-state index contributed by atoms with van der Waals surface area (Å²) in [6.45, 7) is 0.379. The molecular formula is C10H13N3O2. The largest absolute Gasteiger partial charge is 0.467 e. The SMILES string of the molecule is O=C(NCc1ccco1)NN=C1CCC1. The first kappa shape index (κ1) is 9.76. The van der Waals surface area contributed by atoms with Gasteiger partial charge in [0.2, 0.25) is 0 Å². The van der Waals surface area contributed by atoms with Gasteiger partial charge in [0.1, 0.15) is 5.76 Å². The highest BCUT2D eigenvalue weighted by Gasteiger charge is 2.10. The first-order chi connectivity index (χ1) is 7.34. The van der Waals surface area contributed by atoms with Crippen molar-refractivity contribution in [2.75, 3.05) is 0 Å². The predicted molar refractivity (Wildman–Crippen MR) is 55.4 cm³/mol. The Bertz CT molecular complexity index is 351. The summed E-state index contributed by atoms with van der Waals surface area (Å²) in [5, 5.41) is 6.59. The predicted octanol–water partition coefficient (Wildman–Crippen LogP) is 1.62. The molecule has 80 valence electrons. The van der Waals surface area contributed by atoms with E-state index in [1.54, 1.807) is 18.4 Å². The molecule has 15 heavy (non-hydrogen) atoms. The number of carbonyl (C=O) groups is 1.